The lowest BCUT2D eigenvalue weighted by atomic mass is 10.1. The highest BCUT2D eigenvalue weighted by molar-refractivity contribution is 5.85. The zero-order chi connectivity index (χ0) is 10.1. The van der Waals surface area contributed by atoms with Crippen molar-refractivity contribution in [1.29, 1.82) is 0 Å². The molecule has 1 unspecified atom stereocenters. The molecule has 14 heavy (non-hydrogen) atoms. The zero-order valence-corrected chi connectivity index (χ0v) is 9.39. The van der Waals surface area contributed by atoms with Gasteiger partial charge in [0, 0.05) is 12.5 Å². The van der Waals surface area contributed by atoms with Gasteiger partial charge >= 0.3 is 5.97 Å². The number of esters is 1. The van der Waals surface area contributed by atoms with Crippen LogP contribution in [0, 0.1) is 0 Å². The van der Waals surface area contributed by atoms with Gasteiger partial charge in [-0.15, -0.1) is 12.4 Å². The van der Waals surface area contributed by atoms with E-state index in [9.17, 15) is 4.79 Å². The van der Waals surface area contributed by atoms with Crippen molar-refractivity contribution in [2.45, 2.75) is 38.1 Å². The molecule has 0 saturated carbocycles. The van der Waals surface area contributed by atoms with Crippen molar-refractivity contribution < 1.29 is 14.6 Å². The molecular weight excluding hydrogens is 206 g/mol. The summed E-state index contributed by atoms with van der Waals surface area (Å²) in [6, 6.07) is -0.113. The van der Waals surface area contributed by atoms with Crippen molar-refractivity contribution in [3.63, 3.8) is 0 Å². The predicted molar refractivity (Wildman–Crippen MR) is 57.4 cm³/mol. The third-order valence-corrected chi connectivity index (χ3v) is 1.92. The molecule has 1 atom stereocenters. The molecule has 0 saturated heterocycles. The Morgan fingerprint density at radius 1 is 1.43 bits per heavy atom. The summed E-state index contributed by atoms with van der Waals surface area (Å²) in [5, 5.41) is 8.62. The first-order valence-corrected chi connectivity index (χ1v) is 4.64. The fourth-order valence-electron chi connectivity index (χ4n) is 1.05. The van der Waals surface area contributed by atoms with E-state index in [0.717, 1.165) is 25.7 Å². The van der Waals surface area contributed by atoms with Gasteiger partial charge in [-0.1, -0.05) is 12.8 Å². The number of hydrogen-bond acceptors (Lipinski definition) is 4. The van der Waals surface area contributed by atoms with Crippen molar-refractivity contribution in [2.75, 3.05) is 13.7 Å². The molecule has 0 spiro atoms. The number of rotatable bonds is 7. The fourth-order valence-corrected chi connectivity index (χ4v) is 1.05. The number of methoxy groups -OCH3 is 1. The second-order valence-electron chi connectivity index (χ2n) is 3.12. The number of aliphatic hydroxyl groups is 1. The van der Waals surface area contributed by atoms with Gasteiger partial charge in [-0.25, -0.2) is 0 Å². The first kappa shape index (κ1) is 16.1. The van der Waals surface area contributed by atoms with Crippen LogP contribution in [0.15, 0.2) is 0 Å². The van der Waals surface area contributed by atoms with Gasteiger partial charge in [0.15, 0.2) is 0 Å². The maximum Gasteiger partial charge on any atom is 0.305 e. The van der Waals surface area contributed by atoms with E-state index in [4.69, 9.17) is 10.8 Å². The molecule has 0 aromatic heterocycles. The lowest BCUT2D eigenvalue weighted by molar-refractivity contribution is -0.140. The summed E-state index contributed by atoms with van der Waals surface area (Å²) < 4.78 is 4.50. The number of hydrogen-bond donors (Lipinski definition) is 2. The third kappa shape index (κ3) is 9.77. The van der Waals surface area contributed by atoms with E-state index in [1.807, 2.05) is 0 Å². The van der Waals surface area contributed by atoms with Crippen molar-refractivity contribution in [3.05, 3.63) is 0 Å². The van der Waals surface area contributed by atoms with Crippen LogP contribution >= 0.6 is 12.4 Å². The van der Waals surface area contributed by atoms with Gasteiger partial charge in [-0.2, -0.15) is 0 Å². The van der Waals surface area contributed by atoms with Crippen LogP contribution < -0.4 is 5.73 Å². The van der Waals surface area contributed by atoms with Gasteiger partial charge in [0.1, 0.15) is 0 Å². The molecule has 0 aliphatic rings. The Bertz CT molecular complexity index is 144. The predicted octanol–water partition coefficient (Wildman–Crippen LogP) is 0.851. The van der Waals surface area contributed by atoms with Crippen LogP contribution in [-0.2, 0) is 9.53 Å². The monoisotopic (exact) mass is 225 g/mol. The molecule has 4 nitrogen and oxygen atoms in total. The molecular formula is C9H20ClNO3. The SMILES string of the molecule is COC(=O)CCCCCC(N)CO.Cl. The number of carbonyl (C=O) groups excluding carboxylic acids is 1. The Morgan fingerprint density at radius 3 is 2.57 bits per heavy atom. The van der Waals surface area contributed by atoms with E-state index in [2.05, 4.69) is 4.74 Å². The molecule has 0 rings (SSSR count). The topological polar surface area (TPSA) is 72.5 Å². The van der Waals surface area contributed by atoms with E-state index in [1.54, 1.807) is 0 Å². The Labute approximate surface area is 91.2 Å². The lowest BCUT2D eigenvalue weighted by Crippen LogP contribution is -2.23. The number of ether oxygens (including phenoxy) is 1. The zero-order valence-electron chi connectivity index (χ0n) is 8.57. The molecule has 0 aromatic carbocycles. The summed E-state index contributed by atoms with van der Waals surface area (Å²) in [6.45, 7) is 0.0387. The molecule has 0 aliphatic carbocycles. The molecule has 5 heteroatoms. The quantitative estimate of drug-likeness (QED) is 0.498. The molecule has 0 fully saturated rings. The standard InChI is InChI=1S/C9H19NO3.ClH/c1-13-9(12)6-4-2-3-5-8(10)7-11;/h8,11H,2-7,10H2,1H3;1H. The number of carbonyl (C=O) groups is 1. The van der Waals surface area contributed by atoms with Crippen LogP contribution in [0.4, 0.5) is 0 Å². The van der Waals surface area contributed by atoms with Crippen LogP contribution in [0.3, 0.4) is 0 Å². The number of unbranched alkanes of at least 4 members (excludes halogenated alkanes) is 2. The van der Waals surface area contributed by atoms with Crippen molar-refractivity contribution in [1.82, 2.24) is 0 Å². The van der Waals surface area contributed by atoms with Crippen molar-refractivity contribution >= 4 is 18.4 Å². The molecule has 0 aliphatic heterocycles. The molecule has 0 heterocycles. The highest BCUT2D eigenvalue weighted by Crippen LogP contribution is 2.05. The highest BCUT2D eigenvalue weighted by Gasteiger charge is 2.01. The molecule has 0 radical (unpaired) electrons. The van der Waals surface area contributed by atoms with E-state index in [-0.39, 0.29) is 31.0 Å². The van der Waals surface area contributed by atoms with Gasteiger partial charge in [0.2, 0.25) is 0 Å². The van der Waals surface area contributed by atoms with Gasteiger partial charge < -0.3 is 15.6 Å². The van der Waals surface area contributed by atoms with Gasteiger partial charge in [-0.05, 0) is 12.8 Å². The van der Waals surface area contributed by atoms with Crippen molar-refractivity contribution in [2.24, 2.45) is 5.73 Å². The largest absolute Gasteiger partial charge is 0.469 e. The first-order chi connectivity index (χ1) is 6.20. The van der Waals surface area contributed by atoms with Crippen LogP contribution in [0.25, 0.3) is 0 Å². The minimum Gasteiger partial charge on any atom is -0.469 e. The minimum atomic E-state index is -0.161. The molecule has 3 N–H and O–H groups in total. The Balaban J connectivity index is 0. The van der Waals surface area contributed by atoms with Gasteiger partial charge in [0.05, 0.1) is 13.7 Å². The normalized spacial score (nSPS) is 11.6. The van der Waals surface area contributed by atoms with Crippen LogP contribution in [-0.4, -0.2) is 30.8 Å². The molecule has 0 aromatic rings. The average molecular weight is 226 g/mol. The minimum absolute atomic E-state index is 0. The van der Waals surface area contributed by atoms with Crippen LogP contribution in [0.5, 0.6) is 0 Å². The summed E-state index contributed by atoms with van der Waals surface area (Å²) in [7, 11) is 1.39. The molecule has 0 amide bonds. The Hall–Kier alpha value is -0.320. The summed E-state index contributed by atoms with van der Waals surface area (Å²) in [5.41, 5.74) is 5.50. The lowest BCUT2D eigenvalue weighted by Gasteiger charge is -2.06. The second kappa shape index (κ2) is 10.8. The molecule has 0 bridgehead atoms. The summed E-state index contributed by atoms with van der Waals surface area (Å²) >= 11 is 0. The van der Waals surface area contributed by atoms with E-state index in [0.29, 0.717) is 6.42 Å². The maximum atomic E-state index is 10.7. The van der Waals surface area contributed by atoms with E-state index >= 15 is 0 Å². The summed E-state index contributed by atoms with van der Waals surface area (Å²) in [5.74, 6) is -0.161. The Morgan fingerprint density at radius 2 is 2.07 bits per heavy atom. The third-order valence-electron chi connectivity index (χ3n) is 1.92. The maximum absolute atomic E-state index is 10.7. The number of aliphatic hydroxyl groups excluding tert-OH is 1. The number of nitrogens with two attached hydrogens (primary N) is 1. The highest BCUT2D eigenvalue weighted by atomic mass is 35.5. The van der Waals surface area contributed by atoms with Crippen LogP contribution in [0.1, 0.15) is 32.1 Å². The summed E-state index contributed by atoms with van der Waals surface area (Å²) in [4.78, 5) is 10.7. The van der Waals surface area contributed by atoms with Gasteiger partial charge in [0.25, 0.3) is 0 Å². The Kier molecular flexibility index (Phi) is 12.4. The summed E-state index contributed by atoms with van der Waals surface area (Å²) in [6.07, 6.45) is 4.05. The fraction of sp³-hybridized carbons (Fsp3) is 0.889. The number of halogens is 1. The smallest absolute Gasteiger partial charge is 0.305 e. The van der Waals surface area contributed by atoms with Gasteiger partial charge in [-0.3, -0.25) is 4.79 Å². The average Bonchev–Trinajstić information content (AvgIpc) is 2.16. The van der Waals surface area contributed by atoms with Crippen molar-refractivity contribution in [3.8, 4) is 0 Å². The molecule has 86 valence electrons. The first-order valence-electron chi connectivity index (χ1n) is 4.64. The van der Waals surface area contributed by atoms with E-state index in [1.165, 1.54) is 7.11 Å². The second-order valence-corrected chi connectivity index (χ2v) is 3.12. The van der Waals surface area contributed by atoms with Crippen LogP contribution in [0.2, 0.25) is 0 Å². The van der Waals surface area contributed by atoms with E-state index < -0.39 is 0 Å².